The molecule has 0 bridgehead atoms. The van der Waals surface area contributed by atoms with Gasteiger partial charge in [-0.3, -0.25) is 0 Å². The second kappa shape index (κ2) is 7.28. The summed E-state index contributed by atoms with van der Waals surface area (Å²) in [5.74, 6) is 1.64. The lowest BCUT2D eigenvalue weighted by molar-refractivity contribution is 0.0976. The quantitative estimate of drug-likeness (QED) is 0.869. The van der Waals surface area contributed by atoms with Gasteiger partial charge in [-0.1, -0.05) is 25.1 Å². The predicted molar refractivity (Wildman–Crippen MR) is 85.0 cm³/mol. The summed E-state index contributed by atoms with van der Waals surface area (Å²) in [4.78, 5) is 0. The molecule has 0 aliphatic carbocycles. The Morgan fingerprint density at radius 2 is 2.14 bits per heavy atom. The van der Waals surface area contributed by atoms with E-state index in [0.717, 1.165) is 31.9 Å². The van der Waals surface area contributed by atoms with Gasteiger partial charge in [0.1, 0.15) is 5.75 Å². The van der Waals surface area contributed by atoms with Crippen LogP contribution in [0.3, 0.4) is 0 Å². The molecule has 0 radical (unpaired) electrons. The summed E-state index contributed by atoms with van der Waals surface area (Å²) in [6.07, 6.45) is 6.44. The van der Waals surface area contributed by atoms with Gasteiger partial charge in [0.05, 0.1) is 12.7 Å². The molecule has 21 heavy (non-hydrogen) atoms. The number of nitrogens with one attached hydrogen (secondary N) is 1. The highest BCUT2D eigenvalue weighted by Crippen LogP contribution is 2.37. The molecule has 3 rings (SSSR count). The molecule has 1 N–H and O–H groups in total. The number of fused-ring (bicyclic) bond motifs is 1. The van der Waals surface area contributed by atoms with Crippen LogP contribution >= 0.6 is 0 Å². The third kappa shape index (κ3) is 3.58. The van der Waals surface area contributed by atoms with E-state index in [0.29, 0.717) is 18.1 Å². The molecule has 1 aromatic carbocycles. The SMILES string of the molecule is CCNC(CCC1CCCO1)C1CCOc2ccccc21. The lowest BCUT2D eigenvalue weighted by atomic mass is 9.84. The van der Waals surface area contributed by atoms with Crippen molar-refractivity contribution in [1.82, 2.24) is 5.32 Å². The zero-order valence-electron chi connectivity index (χ0n) is 13.0. The van der Waals surface area contributed by atoms with Crippen LogP contribution in [0.15, 0.2) is 24.3 Å². The first-order valence-electron chi connectivity index (χ1n) is 8.45. The Balaban J connectivity index is 1.68. The van der Waals surface area contributed by atoms with Gasteiger partial charge in [0.2, 0.25) is 0 Å². The normalized spacial score (nSPS) is 26.1. The van der Waals surface area contributed by atoms with E-state index in [1.165, 1.54) is 31.2 Å². The van der Waals surface area contributed by atoms with Crippen LogP contribution < -0.4 is 10.1 Å². The van der Waals surface area contributed by atoms with E-state index < -0.39 is 0 Å². The summed E-state index contributed by atoms with van der Waals surface area (Å²) in [5, 5.41) is 3.71. The monoisotopic (exact) mass is 289 g/mol. The number of hydrogen-bond donors (Lipinski definition) is 1. The zero-order chi connectivity index (χ0) is 14.5. The number of hydrogen-bond acceptors (Lipinski definition) is 3. The van der Waals surface area contributed by atoms with Gasteiger partial charge in [-0.2, -0.15) is 0 Å². The van der Waals surface area contributed by atoms with Gasteiger partial charge in [-0.15, -0.1) is 0 Å². The lowest BCUT2D eigenvalue weighted by Crippen LogP contribution is -2.37. The summed E-state index contributed by atoms with van der Waals surface area (Å²) in [6, 6.07) is 9.06. The van der Waals surface area contributed by atoms with Crippen LogP contribution in [0.1, 0.15) is 50.5 Å². The maximum Gasteiger partial charge on any atom is 0.122 e. The lowest BCUT2D eigenvalue weighted by Gasteiger charge is -2.33. The first-order chi connectivity index (χ1) is 10.4. The molecular formula is C18H27NO2. The largest absolute Gasteiger partial charge is 0.493 e. The van der Waals surface area contributed by atoms with Crippen LogP contribution in [0.4, 0.5) is 0 Å². The minimum atomic E-state index is 0.487. The minimum Gasteiger partial charge on any atom is -0.493 e. The van der Waals surface area contributed by atoms with Crippen LogP contribution in [-0.2, 0) is 4.74 Å². The van der Waals surface area contributed by atoms with Crippen molar-refractivity contribution in [3.63, 3.8) is 0 Å². The van der Waals surface area contributed by atoms with Gasteiger partial charge >= 0.3 is 0 Å². The molecule has 2 heterocycles. The summed E-state index contributed by atoms with van der Waals surface area (Å²) >= 11 is 0. The maximum absolute atomic E-state index is 5.81. The molecular weight excluding hydrogens is 262 g/mol. The fourth-order valence-electron chi connectivity index (χ4n) is 3.73. The van der Waals surface area contributed by atoms with Crippen molar-refractivity contribution in [2.24, 2.45) is 0 Å². The van der Waals surface area contributed by atoms with Crippen LogP contribution in [0.2, 0.25) is 0 Å². The van der Waals surface area contributed by atoms with Gasteiger partial charge in [0.15, 0.2) is 0 Å². The minimum absolute atomic E-state index is 0.487. The number of para-hydroxylation sites is 1. The van der Waals surface area contributed by atoms with E-state index in [9.17, 15) is 0 Å². The molecule has 0 amide bonds. The molecule has 1 aromatic rings. The van der Waals surface area contributed by atoms with E-state index in [1.54, 1.807) is 0 Å². The summed E-state index contributed by atoms with van der Waals surface area (Å²) < 4.78 is 11.6. The van der Waals surface area contributed by atoms with Crippen LogP contribution in [0, 0.1) is 0 Å². The van der Waals surface area contributed by atoms with Crippen molar-refractivity contribution in [3.8, 4) is 5.75 Å². The molecule has 2 aliphatic heterocycles. The Morgan fingerprint density at radius 3 is 2.95 bits per heavy atom. The van der Waals surface area contributed by atoms with Gasteiger partial charge in [-0.25, -0.2) is 0 Å². The highest BCUT2D eigenvalue weighted by molar-refractivity contribution is 5.38. The molecule has 3 heteroatoms. The second-order valence-corrected chi connectivity index (χ2v) is 6.16. The Morgan fingerprint density at radius 1 is 1.24 bits per heavy atom. The van der Waals surface area contributed by atoms with Gasteiger partial charge < -0.3 is 14.8 Å². The first kappa shape index (κ1) is 14.9. The average molecular weight is 289 g/mol. The molecule has 1 saturated heterocycles. The highest BCUT2D eigenvalue weighted by Gasteiger charge is 2.29. The molecule has 116 valence electrons. The summed E-state index contributed by atoms with van der Waals surface area (Å²) in [7, 11) is 0. The standard InChI is InChI=1S/C18H27NO2/c1-2-19-17(10-9-14-6-5-12-20-14)15-11-13-21-18-8-4-3-7-16(15)18/h3-4,7-8,14-15,17,19H,2,5-6,9-13H2,1H3. The molecule has 3 atom stereocenters. The zero-order valence-corrected chi connectivity index (χ0v) is 13.0. The number of rotatable bonds is 6. The molecule has 3 unspecified atom stereocenters. The third-order valence-electron chi connectivity index (χ3n) is 4.78. The number of benzene rings is 1. The van der Waals surface area contributed by atoms with Gasteiger partial charge in [0, 0.05) is 18.6 Å². The Hall–Kier alpha value is -1.06. The molecule has 0 saturated carbocycles. The van der Waals surface area contributed by atoms with Crippen LogP contribution in [0.5, 0.6) is 5.75 Å². The predicted octanol–water partition coefficient (Wildman–Crippen LogP) is 3.49. The van der Waals surface area contributed by atoms with Crippen LogP contribution in [-0.4, -0.2) is 31.9 Å². The average Bonchev–Trinajstić information content (AvgIpc) is 3.04. The van der Waals surface area contributed by atoms with E-state index in [1.807, 2.05) is 0 Å². The second-order valence-electron chi connectivity index (χ2n) is 6.16. The van der Waals surface area contributed by atoms with Crippen molar-refractivity contribution in [2.45, 2.75) is 57.1 Å². The maximum atomic E-state index is 5.81. The topological polar surface area (TPSA) is 30.5 Å². The summed E-state index contributed by atoms with van der Waals surface area (Å²) in [6.45, 7) is 5.01. The van der Waals surface area contributed by atoms with Crippen molar-refractivity contribution in [3.05, 3.63) is 29.8 Å². The Labute approximate surface area is 128 Å². The third-order valence-corrected chi connectivity index (χ3v) is 4.78. The number of ether oxygens (including phenoxy) is 2. The first-order valence-corrected chi connectivity index (χ1v) is 8.45. The molecule has 3 nitrogen and oxygen atoms in total. The van der Waals surface area contributed by atoms with Gasteiger partial charge in [0.25, 0.3) is 0 Å². The van der Waals surface area contributed by atoms with Crippen molar-refractivity contribution in [2.75, 3.05) is 19.8 Å². The fraction of sp³-hybridized carbons (Fsp3) is 0.667. The summed E-state index contributed by atoms with van der Waals surface area (Å²) in [5.41, 5.74) is 1.38. The Kier molecular flexibility index (Phi) is 5.15. The molecule has 1 fully saturated rings. The van der Waals surface area contributed by atoms with E-state index >= 15 is 0 Å². The smallest absolute Gasteiger partial charge is 0.122 e. The van der Waals surface area contributed by atoms with E-state index in [-0.39, 0.29) is 0 Å². The fourth-order valence-corrected chi connectivity index (χ4v) is 3.73. The molecule has 2 aliphatic rings. The molecule has 0 aromatic heterocycles. The van der Waals surface area contributed by atoms with Crippen molar-refractivity contribution in [1.29, 1.82) is 0 Å². The van der Waals surface area contributed by atoms with Crippen molar-refractivity contribution >= 4 is 0 Å². The number of likely N-dealkylation sites (N-methyl/N-ethyl adjacent to an activating group) is 1. The Bertz CT molecular complexity index is 443. The molecule has 0 spiro atoms. The highest BCUT2D eigenvalue weighted by atomic mass is 16.5. The van der Waals surface area contributed by atoms with E-state index in [4.69, 9.17) is 9.47 Å². The van der Waals surface area contributed by atoms with E-state index in [2.05, 4.69) is 36.5 Å². The van der Waals surface area contributed by atoms with Crippen molar-refractivity contribution < 1.29 is 9.47 Å². The van der Waals surface area contributed by atoms with Gasteiger partial charge in [-0.05, 0) is 50.3 Å². The van der Waals surface area contributed by atoms with Crippen LogP contribution in [0.25, 0.3) is 0 Å².